The van der Waals surface area contributed by atoms with Crippen molar-refractivity contribution in [1.82, 2.24) is 9.80 Å². The van der Waals surface area contributed by atoms with Crippen molar-refractivity contribution in [3.8, 4) is 0 Å². The minimum absolute atomic E-state index is 0.179. The Morgan fingerprint density at radius 1 is 0.587 bits per heavy atom. The average Bonchev–Trinajstić information content (AvgIpc) is 3.05. The number of aryl methyl sites for hydroxylation is 4. The van der Waals surface area contributed by atoms with Gasteiger partial charge >= 0.3 is 0 Å². The van der Waals surface area contributed by atoms with Crippen LogP contribution >= 0.6 is 0 Å². The molecule has 0 aliphatic heterocycles. The van der Waals surface area contributed by atoms with Crippen LogP contribution in [0.2, 0.25) is 0 Å². The van der Waals surface area contributed by atoms with Crippen LogP contribution in [0.15, 0.2) is 91.0 Å². The zero-order chi connectivity index (χ0) is 32.7. The van der Waals surface area contributed by atoms with Crippen LogP contribution in [0.25, 0.3) is 0 Å². The number of halogens is 2. The maximum atomic E-state index is 13.6. The average molecular weight is 626 g/mol. The molecule has 3 nitrogen and oxygen atoms in total. The van der Waals surface area contributed by atoms with E-state index in [1.807, 2.05) is 36.4 Å². The third-order valence-corrected chi connectivity index (χ3v) is 9.22. The van der Waals surface area contributed by atoms with E-state index in [9.17, 15) is 8.78 Å². The maximum absolute atomic E-state index is 13.6. The summed E-state index contributed by atoms with van der Waals surface area (Å²) in [7, 11) is 0. The molecule has 0 radical (unpaired) electrons. The fourth-order valence-electron chi connectivity index (χ4n) is 6.32. The highest BCUT2D eigenvalue weighted by Crippen LogP contribution is 2.21. The number of rotatable bonds is 19. The molecule has 0 bridgehead atoms. The summed E-state index contributed by atoms with van der Waals surface area (Å²) in [4.78, 5) is 5.27. The molecule has 0 saturated carbocycles. The van der Waals surface area contributed by atoms with Gasteiger partial charge in [-0.1, -0.05) is 61.5 Å². The Hall–Kier alpha value is -3.54. The summed E-state index contributed by atoms with van der Waals surface area (Å²) in [5.74, 6) is -0.363. The van der Waals surface area contributed by atoms with Gasteiger partial charge in [-0.25, -0.2) is 8.78 Å². The lowest BCUT2D eigenvalue weighted by atomic mass is 9.98. The van der Waals surface area contributed by atoms with Gasteiger partial charge in [0.2, 0.25) is 0 Å². The lowest BCUT2D eigenvalue weighted by Crippen LogP contribution is -2.37. The van der Waals surface area contributed by atoms with E-state index in [1.165, 1.54) is 33.4 Å². The second-order valence-electron chi connectivity index (χ2n) is 12.9. The molecule has 0 fully saturated rings. The Morgan fingerprint density at radius 2 is 1.17 bits per heavy atom. The first-order valence-electron chi connectivity index (χ1n) is 17.1. The van der Waals surface area contributed by atoms with Gasteiger partial charge in [-0.15, -0.1) is 0 Å². The molecule has 4 aromatic carbocycles. The maximum Gasteiger partial charge on any atom is 0.123 e. The Kier molecular flexibility index (Phi) is 14.3. The largest absolute Gasteiger partial charge is 0.399 e. The van der Waals surface area contributed by atoms with Crippen LogP contribution in [-0.2, 0) is 25.8 Å². The molecule has 1 unspecified atom stereocenters. The molecule has 0 heterocycles. The highest BCUT2D eigenvalue weighted by atomic mass is 19.1. The summed E-state index contributed by atoms with van der Waals surface area (Å²) >= 11 is 0. The van der Waals surface area contributed by atoms with Gasteiger partial charge in [0.25, 0.3) is 0 Å². The number of anilines is 1. The SMILES string of the molecule is CCCN(Cc1ccc(N)cc1)C(CCCN(CCCc1ccc(F)cc1)CCc1ccc(C)c(C)c1)CCc1ccc(F)cc1. The van der Waals surface area contributed by atoms with E-state index in [1.54, 1.807) is 24.3 Å². The van der Waals surface area contributed by atoms with Gasteiger partial charge in [0.1, 0.15) is 11.6 Å². The van der Waals surface area contributed by atoms with E-state index in [0.29, 0.717) is 6.04 Å². The monoisotopic (exact) mass is 625 g/mol. The van der Waals surface area contributed by atoms with E-state index in [2.05, 4.69) is 60.9 Å². The molecule has 0 spiro atoms. The molecule has 0 saturated heterocycles. The van der Waals surface area contributed by atoms with Crippen molar-refractivity contribution in [3.05, 3.63) is 136 Å². The molecule has 4 rings (SSSR count). The van der Waals surface area contributed by atoms with Gasteiger partial charge < -0.3 is 10.6 Å². The summed E-state index contributed by atoms with van der Waals surface area (Å²) in [5, 5.41) is 0. The summed E-state index contributed by atoms with van der Waals surface area (Å²) in [6.45, 7) is 11.6. The Morgan fingerprint density at radius 3 is 1.80 bits per heavy atom. The first-order valence-corrected chi connectivity index (χ1v) is 17.1. The van der Waals surface area contributed by atoms with Crippen molar-refractivity contribution in [2.75, 3.05) is 31.9 Å². The van der Waals surface area contributed by atoms with E-state index in [-0.39, 0.29) is 11.6 Å². The second kappa shape index (κ2) is 18.6. The van der Waals surface area contributed by atoms with Gasteiger partial charge in [-0.3, -0.25) is 4.90 Å². The number of hydrogen-bond donors (Lipinski definition) is 1. The topological polar surface area (TPSA) is 32.5 Å². The Bertz CT molecular complexity index is 1430. The molecule has 5 heteroatoms. The quantitative estimate of drug-likeness (QED) is 0.105. The van der Waals surface area contributed by atoms with E-state index >= 15 is 0 Å². The zero-order valence-corrected chi connectivity index (χ0v) is 28.2. The van der Waals surface area contributed by atoms with Crippen LogP contribution in [0.1, 0.15) is 72.4 Å². The smallest absolute Gasteiger partial charge is 0.123 e. The first-order chi connectivity index (χ1) is 22.3. The second-order valence-corrected chi connectivity index (χ2v) is 12.9. The van der Waals surface area contributed by atoms with E-state index in [0.717, 1.165) is 89.8 Å². The lowest BCUT2D eigenvalue weighted by Gasteiger charge is -2.33. The third-order valence-electron chi connectivity index (χ3n) is 9.22. The molecule has 0 aliphatic carbocycles. The van der Waals surface area contributed by atoms with Crippen LogP contribution < -0.4 is 5.73 Å². The van der Waals surface area contributed by atoms with Crippen LogP contribution in [0.5, 0.6) is 0 Å². The molecular weight excluding hydrogens is 572 g/mol. The predicted molar refractivity (Wildman–Crippen MR) is 190 cm³/mol. The normalized spacial score (nSPS) is 12.2. The fourth-order valence-corrected chi connectivity index (χ4v) is 6.32. The number of nitrogen functional groups attached to an aromatic ring is 1. The molecule has 0 amide bonds. The summed E-state index contributed by atoms with van der Waals surface area (Å²) < 4.78 is 27.0. The Balaban J connectivity index is 1.42. The molecule has 2 N–H and O–H groups in total. The zero-order valence-electron chi connectivity index (χ0n) is 28.2. The van der Waals surface area contributed by atoms with Crippen LogP contribution in [0.4, 0.5) is 14.5 Å². The molecule has 4 aromatic rings. The van der Waals surface area contributed by atoms with E-state index < -0.39 is 0 Å². The first kappa shape index (κ1) is 35.3. The fraction of sp³-hybridized carbons (Fsp3) is 0.415. The van der Waals surface area contributed by atoms with Crippen molar-refractivity contribution in [3.63, 3.8) is 0 Å². The third kappa shape index (κ3) is 12.0. The van der Waals surface area contributed by atoms with Crippen LogP contribution in [0, 0.1) is 25.5 Å². The molecule has 0 aliphatic rings. The predicted octanol–water partition coefficient (Wildman–Crippen LogP) is 9.33. The van der Waals surface area contributed by atoms with Crippen molar-refractivity contribution in [1.29, 1.82) is 0 Å². The number of nitrogens with zero attached hydrogens (tertiary/aromatic N) is 2. The Labute approximate surface area is 276 Å². The van der Waals surface area contributed by atoms with Gasteiger partial charge in [0.15, 0.2) is 0 Å². The highest BCUT2D eigenvalue weighted by Gasteiger charge is 2.19. The molecule has 0 aromatic heterocycles. The standard InChI is InChI=1S/C41H53F2N3/c1-4-26-46(31-37-15-22-40(44)23-16-37)41(24-17-35-13-20-39(43)21-14-35)8-6-28-45(27-5-7-34-11-18-38(42)19-12-34)29-25-36-10-9-32(2)33(3)30-36/h9-16,18-23,30,41H,4-8,17,24-29,31,44H2,1-3H3. The van der Waals surface area contributed by atoms with Crippen molar-refractivity contribution < 1.29 is 8.78 Å². The number of hydrogen-bond acceptors (Lipinski definition) is 3. The molecule has 246 valence electrons. The minimum atomic E-state index is -0.184. The van der Waals surface area contributed by atoms with E-state index in [4.69, 9.17) is 5.73 Å². The highest BCUT2D eigenvalue weighted by molar-refractivity contribution is 5.39. The van der Waals surface area contributed by atoms with Crippen molar-refractivity contribution in [2.24, 2.45) is 0 Å². The lowest BCUT2D eigenvalue weighted by molar-refractivity contribution is 0.159. The van der Waals surface area contributed by atoms with Gasteiger partial charge in [-0.05, 0) is 155 Å². The summed E-state index contributed by atoms with van der Waals surface area (Å²) in [5.41, 5.74) is 14.5. The van der Waals surface area contributed by atoms with Gasteiger partial charge in [-0.2, -0.15) is 0 Å². The van der Waals surface area contributed by atoms with Crippen molar-refractivity contribution in [2.45, 2.75) is 84.7 Å². The minimum Gasteiger partial charge on any atom is -0.399 e. The molecule has 46 heavy (non-hydrogen) atoms. The summed E-state index contributed by atoms with van der Waals surface area (Å²) in [6, 6.07) is 29.4. The van der Waals surface area contributed by atoms with Gasteiger partial charge in [0, 0.05) is 24.8 Å². The van der Waals surface area contributed by atoms with Crippen LogP contribution in [-0.4, -0.2) is 42.0 Å². The van der Waals surface area contributed by atoms with Crippen molar-refractivity contribution >= 4 is 5.69 Å². The molecular formula is C41H53F2N3. The van der Waals surface area contributed by atoms with Gasteiger partial charge in [0.05, 0.1) is 0 Å². The number of nitrogens with two attached hydrogens (primary N) is 1. The molecule has 1 atom stereocenters. The number of benzene rings is 4. The summed E-state index contributed by atoms with van der Waals surface area (Å²) in [6.07, 6.45) is 8.30. The van der Waals surface area contributed by atoms with Crippen LogP contribution in [0.3, 0.4) is 0 Å².